The molecule has 0 spiro atoms. The minimum Gasteiger partial charge on any atom is -0.462 e. The second kappa shape index (κ2) is 60.1. The lowest BCUT2D eigenvalue weighted by Gasteiger charge is -2.18. The first kappa shape index (κ1) is 68.6. The van der Waals surface area contributed by atoms with E-state index in [1.165, 1.54) is 161 Å². The molecule has 0 bridgehead atoms. The molecule has 72 heavy (non-hydrogen) atoms. The van der Waals surface area contributed by atoms with Crippen molar-refractivity contribution in [2.24, 2.45) is 0 Å². The Hall–Kier alpha value is -3.41. The number of ether oxygens (including phenoxy) is 3. The zero-order valence-electron chi connectivity index (χ0n) is 47.4. The van der Waals surface area contributed by atoms with Crippen molar-refractivity contribution in [2.75, 3.05) is 13.2 Å². The van der Waals surface area contributed by atoms with E-state index in [0.29, 0.717) is 19.3 Å². The van der Waals surface area contributed by atoms with E-state index in [4.69, 9.17) is 14.2 Å². The predicted octanol–water partition coefficient (Wildman–Crippen LogP) is 20.7. The van der Waals surface area contributed by atoms with Crippen LogP contribution in [0.3, 0.4) is 0 Å². The number of allylic oxidation sites excluding steroid dienone is 14. The van der Waals surface area contributed by atoms with Gasteiger partial charge in [0.15, 0.2) is 6.10 Å². The van der Waals surface area contributed by atoms with Crippen LogP contribution in [-0.2, 0) is 28.6 Å². The van der Waals surface area contributed by atoms with Crippen LogP contribution in [0.15, 0.2) is 85.1 Å². The van der Waals surface area contributed by atoms with Gasteiger partial charge in [-0.2, -0.15) is 0 Å². The summed E-state index contributed by atoms with van der Waals surface area (Å²) in [6.07, 6.45) is 78.8. The van der Waals surface area contributed by atoms with Crippen LogP contribution in [0, 0.1) is 0 Å². The molecule has 0 aromatic rings. The van der Waals surface area contributed by atoms with Gasteiger partial charge in [0.2, 0.25) is 0 Å². The zero-order chi connectivity index (χ0) is 52.2. The number of esters is 3. The lowest BCUT2D eigenvalue weighted by Crippen LogP contribution is -2.30. The van der Waals surface area contributed by atoms with Crippen molar-refractivity contribution >= 4 is 17.9 Å². The molecule has 0 aromatic carbocycles. The van der Waals surface area contributed by atoms with Crippen molar-refractivity contribution < 1.29 is 28.6 Å². The maximum absolute atomic E-state index is 12.9. The minimum absolute atomic E-state index is 0.101. The van der Waals surface area contributed by atoms with Gasteiger partial charge >= 0.3 is 17.9 Å². The maximum atomic E-state index is 12.9. The van der Waals surface area contributed by atoms with Crippen LogP contribution in [0.2, 0.25) is 0 Å². The molecule has 414 valence electrons. The first-order valence-electron chi connectivity index (χ1n) is 30.6. The molecule has 1 unspecified atom stereocenters. The van der Waals surface area contributed by atoms with Crippen molar-refractivity contribution in [3.8, 4) is 0 Å². The van der Waals surface area contributed by atoms with Crippen molar-refractivity contribution in [1.82, 2.24) is 0 Å². The van der Waals surface area contributed by atoms with Crippen molar-refractivity contribution in [2.45, 2.75) is 303 Å². The molecular weight excluding hydrogens is 889 g/mol. The van der Waals surface area contributed by atoms with Gasteiger partial charge in [-0.25, -0.2) is 0 Å². The summed E-state index contributed by atoms with van der Waals surface area (Å²) >= 11 is 0. The second-order valence-electron chi connectivity index (χ2n) is 20.2. The molecule has 1 atom stereocenters. The van der Waals surface area contributed by atoms with Gasteiger partial charge in [0, 0.05) is 19.3 Å². The van der Waals surface area contributed by atoms with E-state index >= 15 is 0 Å². The summed E-state index contributed by atoms with van der Waals surface area (Å²) in [7, 11) is 0. The fraction of sp³-hybridized carbons (Fsp3) is 0.742. The minimum atomic E-state index is -0.811. The van der Waals surface area contributed by atoms with E-state index in [9.17, 15) is 14.4 Å². The highest BCUT2D eigenvalue weighted by Gasteiger charge is 2.19. The average Bonchev–Trinajstić information content (AvgIpc) is 3.38. The van der Waals surface area contributed by atoms with Crippen LogP contribution in [-0.4, -0.2) is 37.2 Å². The van der Waals surface area contributed by atoms with Gasteiger partial charge < -0.3 is 14.2 Å². The van der Waals surface area contributed by atoms with Gasteiger partial charge in [-0.15, -0.1) is 0 Å². The lowest BCUT2D eigenvalue weighted by molar-refractivity contribution is -0.166. The molecule has 0 heterocycles. The quantitative estimate of drug-likeness (QED) is 0.0261. The Balaban J connectivity index is 4.48. The number of carbonyl (C=O) groups is 3. The summed E-state index contributed by atoms with van der Waals surface area (Å²) in [4.78, 5) is 38.2. The van der Waals surface area contributed by atoms with Crippen LogP contribution in [0.25, 0.3) is 0 Å². The van der Waals surface area contributed by atoms with Crippen molar-refractivity contribution in [3.05, 3.63) is 85.1 Å². The SMILES string of the molecule is CC/C=C\C/C=C\C/C=C\C/C=C\C/C=C\C/C=C\CCC(=O)OCC(COC(=O)CCCCCCCCCCCCCCCCCCC)OC(=O)CCCCCCC/C=C\CCCCCCCCCCC. The standard InChI is InChI=1S/C66H114O6/c1-4-7-10-13-16-19-22-25-28-31-33-36-38-41-44-47-50-53-56-59-65(68)71-62-63(61-70-64(67)58-55-52-49-46-43-40-37-34-30-27-24-21-18-15-12-9-6-3)72-66(69)60-57-54-51-48-45-42-39-35-32-29-26-23-20-17-14-11-8-5-2/h7,10,16,19,25,28,33,35-36,39,41,44,50,53,63H,4-6,8-9,11-15,17-18,20-24,26-27,29-32,34,37-38,40,42-43,45-49,51-52,54-62H2,1-3H3/b10-7-,19-16-,28-25-,36-33-,39-35-,44-41-,53-50-. The Labute approximate surface area is 445 Å². The molecule has 0 N–H and O–H groups in total. The second-order valence-corrected chi connectivity index (χ2v) is 20.2. The molecule has 0 saturated carbocycles. The smallest absolute Gasteiger partial charge is 0.306 e. The van der Waals surface area contributed by atoms with Crippen LogP contribution in [0.5, 0.6) is 0 Å². The fourth-order valence-corrected chi connectivity index (χ4v) is 8.58. The third-order valence-electron chi connectivity index (χ3n) is 13.1. The van der Waals surface area contributed by atoms with Crippen LogP contribution in [0.1, 0.15) is 297 Å². The largest absolute Gasteiger partial charge is 0.462 e. The Morgan fingerprint density at radius 2 is 0.569 bits per heavy atom. The van der Waals surface area contributed by atoms with Gasteiger partial charge in [0.05, 0.1) is 0 Å². The molecule has 0 aliphatic carbocycles. The highest BCUT2D eigenvalue weighted by Crippen LogP contribution is 2.16. The van der Waals surface area contributed by atoms with Gasteiger partial charge in [-0.3, -0.25) is 14.4 Å². The summed E-state index contributed by atoms with van der Waals surface area (Å²) in [6.45, 7) is 6.49. The highest BCUT2D eigenvalue weighted by molar-refractivity contribution is 5.71. The summed E-state index contributed by atoms with van der Waals surface area (Å²) < 4.78 is 16.8. The molecule has 0 fully saturated rings. The van der Waals surface area contributed by atoms with Crippen molar-refractivity contribution in [3.63, 3.8) is 0 Å². The van der Waals surface area contributed by atoms with Crippen LogP contribution < -0.4 is 0 Å². The highest BCUT2D eigenvalue weighted by atomic mass is 16.6. The molecule has 0 rings (SSSR count). The Morgan fingerprint density at radius 1 is 0.292 bits per heavy atom. The molecule has 6 nitrogen and oxygen atoms in total. The lowest BCUT2D eigenvalue weighted by atomic mass is 10.0. The van der Waals surface area contributed by atoms with Crippen molar-refractivity contribution in [1.29, 1.82) is 0 Å². The molecule has 0 amide bonds. The van der Waals surface area contributed by atoms with E-state index in [1.54, 1.807) is 0 Å². The van der Waals surface area contributed by atoms with Gasteiger partial charge in [0.25, 0.3) is 0 Å². The zero-order valence-corrected chi connectivity index (χ0v) is 47.4. The summed E-state index contributed by atoms with van der Waals surface area (Å²) in [5.74, 6) is -0.985. The normalized spacial score (nSPS) is 12.7. The molecule has 0 aliphatic heterocycles. The topological polar surface area (TPSA) is 78.9 Å². The Bertz CT molecular complexity index is 1380. The fourth-order valence-electron chi connectivity index (χ4n) is 8.58. The predicted molar refractivity (Wildman–Crippen MR) is 311 cm³/mol. The first-order valence-corrected chi connectivity index (χ1v) is 30.6. The van der Waals surface area contributed by atoms with E-state index in [0.717, 1.165) is 89.9 Å². The van der Waals surface area contributed by atoms with Gasteiger partial charge in [-0.05, 0) is 83.5 Å². The Kier molecular flexibility index (Phi) is 57.3. The molecule has 0 saturated heterocycles. The number of unbranched alkanes of at least 4 members (excludes halogenated alkanes) is 30. The van der Waals surface area contributed by atoms with Crippen LogP contribution in [0.4, 0.5) is 0 Å². The monoisotopic (exact) mass is 1000 g/mol. The molecule has 6 heteroatoms. The number of carbonyl (C=O) groups excluding carboxylic acids is 3. The van der Waals surface area contributed by atoms with E-state index < -0.39 is 6.10 Å². The van der Waals surface area contributed by atoms with Crippen LogP contribution >= 0.6 is 0 Å². The van der Waals surface area contributed by atoms with Gasteiger partial charge in [0.1, 0.15) is 13.2 Å². The average molecular weight is 1000 g/mol. The van der Waals surface area contributed by atoms with Gasteiger partial charge in [-0.1, -0.05) is 279 Å². The number of hydrogen-bond acceptors (Lipinski definition) is 6. The molecular formula is C66H114O6. The number of rotatable bonds is 55. The molecule has 0 aromatic heterocycles. The summed E-state index contributed by atoms with van der Waals surface area (Å²) in [5, 5.41) is 0. The summed E-state index contributed by atoms with van der Waals surface area (Å²) in [6, 6.07) is 0. The summed E-state index contributed by atoms with van der Waals surface area (Å²) in [5.41, 5.74) is 0. The first-order chi connectivity index (χ1) is 35.5. The maximum Gasteiger partial charge on any atom is 0.306 e. The van der Waals surface area contributed by atoms with E-state index in [2.05, 4.69) is 99.8 Å². The van der Waals surface area contributed by atoms with E-state index in [-0.39, 0.29) is 37.5 Å². The number of hydrogen-bond donors (Lipinski definition) is 0. The molecule has 0 radical (unpaired) electrons. The third kappa shape index (κ3) is 57.5. The third-order valence-corrected chi connectivity index (χ3v) is 13.1. The van der Waals surface area contributed by atoms with E-state index in [1.807, 2.05) is 6.08 Å². The Morgan fingerprint density at radius 3 is 0.931 bits per heavy atom. The molecule has 0 aliphatic rings.